The second kappa shape index (κ2) is 7.29. The zero-order valence-corrected chi connectivity index (χ0v) is 13.6. The largest absolute Gasteiger partial charge is 0.338 e. The minimum absolute atomic E-state index is 0.189. The molecule has 0 spiro atoms. The van der Waals surface area contributed by atoms with E-state index in [1.54, 1.807) is 6.20 Å². The lowest BCUT2D eigenvalue weighted by molar-refractivity contribution is 0.238. The van der Waals surface area contributed by atoms with Gasteiger partial charge in [0.05, 0.1) is 17.8 Å². The summed E-state index contributed by atoms with van der Waals surface area (Å²) in [6.45, 7) is 2.16. The number of amides is 2. The number of carbonyl (C=O) groups is 1. The Balaban J connectivity index is 1.51. The van der Waals surface area contributed by atoms with Crippen LogP contribution in [-0.4, -0.2) is 22.8 Å². The number of halogens is 2. The van der Waals surface area contributed by atoms with Gasteiger partial charge in [0.1, 0.15) is 11.6 Å². The van der Waals surface area contributed by atoms with Crippen molar-refractivity contribution in [1.29, 1.82) is 0 Å². The summed E-state index contributed by atoms with van der Waals surface area (Å²) in [5.74, 6) is -1.24. The van der Waals surface area contributed by atoms with Crippen molar-refractivity contribution in [2.45, 2.75) is 19.4 Å². The van der Waals surface area contributed by atoms with Gasteiger partial charge in [0.2, 0.25) is 0 Å². The van der Waals surface area contributed by atoms with Gasteiger partial charge in [-0.1, -0.05) is 6.07 Å². The molecule has 1 aromatic heterocycles. The first-order valence-corrected chi connectivity index (χ1v) is 7.93. The highest BCUT2D eigenvalue weighted by Crippen LogP contribution is 2.18. The number of aromatic amines is 1. The summed E-state index contributed by atoms with van der Waals surface area (Å²) in [5.41, 5.74) is 2.38. The van der Waals surface area contributed by atoms with E-state index in [0.29, 0.717) is 12.0 Å². The molecule has 0 radical (unpaired) electrons. The van der Waals surface area contributed by atoms with Gasteiger partial charge in [0.25, 0.3) is 0 Å². The summed E-state index contributed by atoms with van der Waals surface area (Å²) < 4.78 is 26.2. The molecule has 1 heterocycles. The molecule has 5 nitrogen and oxygen atoms in total. The van der Waals surface area contributed by atoms with Gasteiger partial charge in [-0.25, -0.2) is 13.6 Å². The third-order valence-electron chi connectivity index (χ3n) is 3.93. The molecule has 25 heavy (non-hydrogen) atoms. The summed E-state index contributed by atoms with van der Waals surface area (Å²) in [6.07, 6.45) is 2.07. The number of hydrogen-bond donors (Lipinski definition) is 3. The van der Waals surface area contributed by atoms with Crippen molar-refractivity contribution in [3.05, 3.63) is 65.4 Å². The van der Waals surface area contributed by atoms with E-state index in [9.17, 15) is 13.6 Å². The van der Waals surface area contributed by atoms with Crippen molar-refractivity contribution in [1.82, 2.24) is 20.8 Å². The second-order valence-electron chi connectivity index (χ2n) is 5.87. The molecule has 1 unspecified atom stereocenters. The highest BCUT2D eigenvalue weighted by Gasteiger charge is 2.10. The highest BCUT2D eigenvalue weighted by molar-refractivity contribution is 5.79. The van der Waals surface area contributed by atoms with E-state index in [-0.39, 0.29) is 18.6 Å². The predicted molar refractivity (Wildman–Crippen MR) is 91.1 cm³/mol. The Morgan fingerprint density at radius 2 is 1.96 bits per heavy atom. The first-order valence-electron chi connectivity index (χ1n) is 7.93. The number of urea groups is 1. The Morgan fingerprint density at radius 3 is 2.72 bits per heavy atom. The Kier molecular flexibility index (Phi) is 4.92. The predicted octanol–water partition coefficient (Wildman–Crippen LogP) is 3.44. The van der Waals surface area contributed by atoms with Gasteiger partial charge < -0.3 is 10.6 Å². The molecule has 0 fully saturated rings. The van der Waals surface area contributed by atoms with E-state index in [0.717, 1.165) is 22.5 Å². The van der Waals surface area contributed by atoms with Crippen molar-refractivity contribution in [3.8, 4) is 0 Å². The van der Waals surface area contributed by atoms with Crippen LogP contribution in [0.1, 0.15) is 24.1 Å². The van der Waals surface area contributed by atoms with Crippen molar-refractivity contribution in [2.75, 3.05) is 6.54 Å². The van der Waals surface area contributed by atoms with Gasteiger partial charge >= 0.3 is 6.03 Å². The van der Waals surface area contributed by atoms with Crippen LogP contribution < -0.4 is 10.6 Å². The number of carbonyl (C=O) groups excluding carboxylic acids is 1. The average Bonchev–Trinajstić information content (AvgIpc) is 3.01. The fourth-order valence-corrected chi connectivity index (χ4v) is 2.64. The third kappa shape index (κ3) is 4.32. The van der Waals surface area contributed by atoms with E-state index in [4.69, 9.17) is 0 Å². The van der Waals surface area contributed by atoms with Gasteiger partial charge in [-0.3, -0.25) is 5.10 Å². The molecule has 2 amide bonds. The maximum Gasteiger partial charge on any atom is 0.315 e. The summed E-state index contributed by atoms with van der Waals surface area (Å²) in [4.78, 5) is 12.0. The minimum Gasteiger partial charge on any atom is -0.338 e. The molecule has 0 saturated carbocycles. The third-order valence-corrected chi connectivity index (χ3v) is 3.93. The average molecular weight is 344 g/mol. The van der Waals surface area contributed by atoms with Crippen molar-refractivity contribution >= 4 is 16.9 Å². The molecule has 0 aliphatic rings. The lowest BCUT2D eigenvalue weighted by Crippen LogP contribution is -2.38. The second-order valence-corrected chi connectivity index (χ2v) is 5.87. The Morgan fingerprint density at radius 1 is 1.20 bits per heavy atom. The molecule has 130 valence electrons. The van der Waals surface area contributed by atoms with E-state index in [2.05, 4.69) is 20.8 Å². The van der Waals surface area contributed by atoms with Crippen LogP contribution in [0.5, 0.6) is 0 Å². The normalized spacial score (nSPS) is 12.1. The van der Waals surface area contributed by atoms with Crippen LogP contribution in [0.25, 0.3) is 10.9 Å². The van der Waals surface area contributed by atoms with Crippen molar-refractivity contribution in [3.63, 3.8) is 0 Å². The molecule has 0 aliphatic heterocycles. The van der Waals surface area contributed by atoms with Crippen LogP contribution in [0.3, 0.4) is 0 Å². The Hall–Kier alpha value is -2.96. The van der Waals surface area contributed by atoms with E-state index in [1.807, 2.05) is 25.1 Å². The minimum atomic E-state index is -0.622. The fraction of sp³-hybridized carbons (Fsp3) is 0.222. The molecule has 2 aromatic carbocycles. The molecule has 3 rings (SSSR count). The first kappa shape index (κ1) is 16.9. The molecule has 3 aromatic rings. The molecular formula is C18H18F2N4O. The highest BCUT2D eigenvalue weighted by atomic mass is 19.1. The Bertz CT molecular complexity index is 873. The van der Waals surface area contributed by atoms with Crippen LogP contribution in [0.2, 0.25) is 0 Å². The zero-order valence-electron chi connectivity index (χ0n) is 13.6. The molecule has 0 bridgehead atoms. The summed E-state index contributed by atoms with van der Waals surface area (Å²) in [6, 6.07) is 8.59. The number of aromatic nitrogens is 2. The molecule has 7 heteroatoms. The summed E-state index contributed by atoms with van der Waals surface area (Å²) in [7, 11) is 0. The Labute approximate surface area is 143 Å². The number of fused-ring (bicyclic) bond motifs is 1. The van der Waals surface area contributed by atoms with Crippen LogP contribution in [0, 0.1) is 11.6 Å². The number of benzene rings is 2. The van der Waals surface area contributed by atoms with Crippen LogP contribution in [0.4, 0.5) is 13.6 Å². The summed E-state index contributed by atoms with van der Waals surface area (Å²) in [5, 5.41) is 13.3. The molecule has 3 N–H and O–H groups in total. The van der Waals surface area contributed by atoms with Gasteiger partial charge in [0.15, 0.2) is 0 Å². The first-order chi connectivity index (χ1) is 12.0. The maximum absolute atomic E-state index is 13.1. The topological polar surface area (TPSA) is 69.8 Å². The van der Waals surface area contributed by atoms with Gasteiger partial charge in [-0.05, 0) is 48.7 Å². The van der Waals surface area contributed by atoms with Gasteiger partial charge in [-0.2, -0.15) is 5.10 Å². The van der Waals surface area contributed by atoms with Crippen molar-refractivity contribution in [2.24, 2.45) is 0 Å². The van der Waals surface area contributed by atoms with Gasteiger partial charge in [0, 0.05) is 18.0 Å². The number of hydrogen-bond acceptors (Lipinski definition) is 2. The van der Waals surface area contributed by atoms with Crippen LogP contribution in [-0.2, 0) is 6.42 Å². The van der Waals surface area contributed by atoms with Crippen molar-refractivity contribution < 1.29 is 13.6 Å². The van der Waals surface area contributed by atoms with Crippen LogP contribution in [0.15, 0.2) is 42.6 Å². The van der Waals surface area contributed by atoms with E-state index >= 15 is 0 Å². The molecule has 0 saturated heterocycles. The number of rotatable bonds is 5. The SMILES string of the molecule is CC(NC(=O)NCCc1cc(F)cc(F)c1)c1ccc2[nH]ncc2c1. The van der Waals surface area contributed by atoms with Gasteiger partial charge in [-0.15, -0.1) is 0 Å². The quantitative estimate of drug-likeness (QED) is 0.663. The van der Waals surface area contributed by atoms with Crippen LogP contribution >= 0.6 is 0 Å². The van der Waals surface area contributed by atoms with E-state index in [1.165, 1.54) is 12.1 Å². The standard InChI is InChI=1S/C18H18F2N4O/c1-11(13-2-3-17-14(8-13)10-22-24-17)23-18(25)21-5-4-12-6-15(19)9-16(20)7-12/h2-3,6-11H,4-5H2,1H3,(H,22,24)(H2,21,23,25). The monoisotopic (exact) mass is 344 g/mol. The number of nitrogens with one attached hydrogen (secondary N) is 3. The molecule has 1 atom stereocenters. The molecule has 0 aliphatic carbocycles. The lowest BCUT2D eigenvalue weighted by Gasteiger charge is -2.15. The number of nitrogens with zero attached hydrogens (tertiary/aromatic N) is 1. The fourth-order valence-electron chi connectivity index (χ4n) is 2.64. The number of H-pyrrole nitrogens is 1. The smallest absolute Gasteiger partial charge is 0.315 e. The molecular weight excluding hydrogens is 326 g/mol. The lowest BCUT2D eigenvalue weighted by atomic mass is 10.1. The maximum atomic E-state index is 13.1. The summed E-state index contributed by atoms with van der Waals surface area (Å²) >= 11 is 0. The van der Waals surface area contributed by atoms with E-state index < -0.39 is 11.6 Å². The zero-order chi connectivity index (χ0) is 17.8.